The molecule has 3 heterocycles. The minimum atomic E-state index is -3.00. The second kappa shape index (κ2) is 9.52. The number of benzene rings is 2. The quantitative estimate of drug-likeness (QED) is 0.426. The fourth-order valence-electron chi connectivity index (χ4n) is 4.52. The Bertz CT molecular complexity index is 1420. The van der Waals surface area contributed by atoms with Gasteiger partial charge in [0.15, 0.2) is 9.84 Å². The van der Waals surface area contributed by atoms with Gasteiger partial charge in [0.2, 0.25) is 0 Å². The third kappa shape index (κ3) is 5.43. The number of nitrogens with zero attached hydrogens (tertiary/aromatic N) is 3. The van der Waals surface area contributed by atoms with Crippen LogP contribution in [0.3, 0.4) is 0 Å². The van der Waals surface area contributed by atoms with E-state index < -0.39 is 9.84 Å². The number of pyridine rings is 2. The third-order valence-electron chi connectivity index (χ3n) is 6.25. The Labute approximate surface area is 200 Å². The topological polar surface area (TPSA) is 75.2 Å². The maximum Gasteiger partial charge on any atom is 0.151 e. The summed E-state index contributed by atoms with van der Waals surface area (Å²) in [6, 6.07) is 20.3. The molecule has 34 heavy (non-hydrogen) atoms. The van der Waals surface area contributed by atoms with Crippen molar-refractivity contribution in [1.82, 2.24) is 14.9 Å². The van der Waals surface area contributed by atoms with E-state index in [1.54, 1.807) is 0 Å². The van der Waals surface area contributed by atoms with Crippen molar-refractivity contribution in [3.05, 3.63) is 95.3 Å². The minimum absolute atomic E-state index is 0.0931. The summed E-state index contributed by atoms with van der Waals surface area (Å²) >= 11 is 0. The first-order valence-electron chi connectivity index (χ1n) is 11.5. The van der Waals surface area contributed by atoms with Gasteiger partial charge in [0.05, 0.1) is 23.2 Å². The molecule has 1 aliphatic heterocycles. The molecule has 1 N–H and O–H groups in total. The van der Waals surface area contributed by atoms with Gasteiger partial charge < -0.3 is 5.32 Å². The van der Waals surface area contributed by atoms with Gasteiger partial charge in [-0.25, -0.2) is 13.4 Å². The molecule has 0 spiro atoms. The average Bonchev–Trinajstić information content (AvgIpc) is 2.83. The number of rotatable bonds is 7. The summed E-state index contributed by atoms with van der Waals surface area (Å²) < 4.78 is 23.0. The van der Waals surface area contributed by atoms with Gasteiger partial charge in [-0.1, -0.05) is 42.5 Å². The van der Waals surface area contributed by atoms with Crippen molar-refractivity contribution < 1.29 is 8.42 Å². The monoisotopic (exact) mass is 472 g/mol. The summed E-state index contributed by atoms with van der Waals surface area (Å²) in [6.07, 6.45) is 6.89. The van der Waals surface area contributed by atoms with Crippen LogP contribution in [0.1, 0.15) is 22.3 Å². The molecule has 7 heteroatoms. The van der Waals surface area contributed by atoms with E-state index in [2.05, 4.69) is 38.4 Å². The Balaban J connectivity index is 1.23. The van der Waals surface area contributed by atoms with Gasteiger partial charge >= 0.3 is 0 Å². The number of nitrogens with one attached hydrogen (secondary N) is 1. The molecule has 0 amide bonds. The van der Waals surface area contributed by atoms with Crippen LogP contribution in [0.25, 0.3) is 10.9 Å². The first-order valence-corrected chi connectivity index (χ1v) is 13.6. The molecule has 0 atom stereocenters. The number of sulfone groups is 1. The van der Waals surface area contributed by atoms with Crippen LogP contribution in [0.15, 0.2) is 73.1 Å². The van der Waals surface area contributed by atoms with Crippen molar-refractivity contribution in [2.24, 2.45) is 0 Å². The van der Waals surface area contributed by atoms with Gasteiger partial charge in [-0.05, 0) is 47.7 Å². The van der Waals surface area contributed by atoms with E-state index >= 15 is 0 Å². The molecule has 6 nitrogen and oxygen atoms in total. The highest BCUT2D eigenvalue weighted by molar-refractivity contribution is 7.89. The van der Waals surface area contributed by atoms with Gasteiger partial charge in [0, 0.05) is 43.0 Å². The van der Waals surface area contributed by atoms with Gasteiger partial charge in [-0.15, -0.1) is 0 Å². The highest BCUT2D eigenvalue weighted by Crippen LogP contribution is 2.27. The van der Waals surface area contributed by atoms with Gasteiger partial charge in [-0.2, -0.15) is 0 Å². The smallest absolute Gasteiger partial charge is 0.151 e. The Morgan fingerprint density at radius 3 is 2.62 bits per heavy atom. The van der Waals surface area contributed by atoms with Crippen molar-refractivity contribution in [2.75, 3.05) is 24.7 Å². The second-order valence-electron chi connectivity index (χ2n) is 9.00. The lowest BCUT2D eigenvalue weighted by molar-refractivity contribution is 0.257. The number of fused-ring (bicyclic) bond motifs is 2. The fraction of sp³-hybridized carbons (Fsp3) is 0.259. The molecule has 5 rings (SSSR count). The van der Waals surface area contributed by atoms with Gasteiger partial charge in [0.25, 0.3) is 0 Å². The van der Waals surface area contributed by atoms with Crippen LogP contribution in [-0.4, -0.2) is 42.6 Å². The third-order valence-corrected chi connectivity index (χ3v) is 7.10. The van der Waals surface area contributed by atoms with E-state index in [0.29, 0.717) is 0 Å². The number of hydrogen-bond donors (Lipinski definition) is 1. The molecular formula is C27H28N4O2S. The summed E-state index contributed by atoms with van der Waals surface area (Å²) in [5.41, 5.74) is 6.58. The molecule has 0 aliphatic carbocycles. The van der Waals surface area contributed by atoms with E-state index in [4.69, 9.17) is 0 Å². The van der Waals surface area contributed by atoms with E-state index in [1.165, 1.54) is 22.9 Å². The summed E-state index contributed by atoms with van der Waals surface area (Å²) in [6.45, 7) is 2.84. The second-order valence-corrected chi connectivity index (χ2v) is 11.1. The van der Waals surface area contributed by atoms with Crippen molar-refractivity contribution >= 4 is 32.2 Å². The predicted octanol–water partition coefficient (Wildman–Crippen LogP) is 4.52. The number of aromatic nitrogens is 2. The minimum Gasteiger partial charge on any atom is -0.339 e. The molecule has 2 aromatic carbocycles. The fourth-order valence-corrected chi connectivity index (χ4v) is 5.31. The van der Waals surface area contributed by atoms with E-state index in [1.807, 2.05) is 54.9 Å². The van der Waals surface area contributed by atoms with Crippen molar-refractivity contribution in [3.8, 4) is 0 Å². The summed E-state index contributed by atoms with van der Waals surface area (Å²) in [5.74, 6) is 1.01. The SMILES string of the molecule is CS(=O)(=O)Cc1ccc(CCN2CCc3c(ccnc3Nc3cnc4ccccc4c3)C2)cc1. The maximum absolute atomic E-state index is 11.5. The molecule has 1 aliphatic rings. The zero-order valence-corrected chi connectivity index (χ0v) is 20.1. The molecule has 0 bridgehead atoms. The van der Waals surface area contributed by atoms with Crippen LogP contribution in [0, 0.1) is 0 Å². The molecule has 0 fully saturated rings. The van der Waals surface area contributed by atoms with E-state index in [0.717, 1.165) is 60.4 Å². The predicted molar refractivity (Wildman–Crippen MR) is 137 cm³/mol. The summed E-state index contributed by atoms with van der Waals surface area (Å²) in [7, 11) is -3.00. The molecule has 0 unspecified atom stereocenters. The standard InChI is InChI=1S/C27H28N4O2S/c1-34(32,33)19-21-8-6-20(7-9-21)11-14-31-15-12-25-23(18-31)10-13-28-27(25)30-24-16-22-4-2-3-5-26(22)29-17-24/h2-10,13,16-17H,11-12,14-15,18-19H2,1H3,(H,28,30). The first kappa shape index (κ1) is 22.5. The first-order chi connectivity index (χ1) is 16.4. The lowest BCUT2D eigenvalue weighted by Crippen LogP contribution is -2.32. The number of para-hydroxylation sites is 1. The molecule has 0 saturated heterocycles. The Kier molecular flexibility index (Phi) is 6.30. The normalized spacial score (nSPS) is 14.1. The maximum atomic E-state index is 11.5. The molecule has 0 radical (unpaired) electrons. The summed E-state index contributed by atoms with van der Waals surface area (Å²) in [4.78, 5) is 11.6. The van der Waals surface area contributed by atoms with Crippen LogP contribution in [-0.2, 0) is 35.0 Å². The molecule has 0 saturated carbocycles. The van der Waals surface area contributed by atoms with Crippen LogP contribution < -0.4 is 5.32 Å². The van der Waals surface area contributed by atoms with Crippen molar-refractivity contribution in [2.45, 2.75) is 25.1 Å². The van der Waals surface area contributed by atoms with Crippen LogP contribution >= 0.6 is 0 Å². The van der Waals surface area contributed by atoms with E-state index in [9.17, 15) is 8.42 Å². The number of hydrogen-bond acceptors (Lipinski definition) is 6. The zero-order chi connectivity index (χ0) is 23.5. The molecular weight excluding hydrogens is 444 g/mol. The molecule has 4 aromatic rings. The van der Waals surface area contributed by atoms with E-state index in [-0.39, 0.29) is 5.75 Å². The Hall–Kier alpha value is -3.29. The van der Waals surface area contributed by atoms with Gasteiger partial charge in [-0.3, -0.25) is 9.88 Å². The zero-order valence-electron chi connectivity index (χ0n) is 19.2. The van der Waals surface area contributed by atoms with Crippen LogP contribution in [0.4, 0.5) is 11.5 Å². The number of anilines is 2. The lowest BCUT2D eigenvalue weighted by atomic mass is 10.00. The molecule has 2 aromatic heterocycles. The summed E-state index contributed by atoms with van der Waals surface area (Å²) in [5, 5.41) is 4.59. The largest absolute Gasteiger partial charge is 0.339 e. The van der Waals surface area contributed by atoms with Crippen molar-refractivity contribution in [1.29, 1.82) is 0 Å². The highest BCUT2D eigenvalue weighted by Gasteiger charge is 2.19. The van der Waals surface area contributed by atoms with Gasteiger partial charge in [0.1, 0.15) is 5.82 Å². The average molecular weight is 473 g/mol. The van der Waals surface area contributed by atoms with Crippen molar-refractivity contribution in [3.63, 3.8) is 0 Å². The highest BCUT2D eigenvalue weighted by atomic mass is 32.2. The van der Waals surface area contributed by atoms with Crippen LogP contribution in [0.5, 0.6) is 0 Å². The Morgan fingerprint density at radius 2 is 1.79 bits per heavy atom. The van der Waals surface area contributed by atoms with Crippen LogP contribution in [0.2, 0.25) is 0 Å². The molecule has 174 valence electrons. The Morgan fingerprint density at radius 1 is 1.00 bits per heavy atom. The lowest BCUT2D eigenvalue weighted by Gasteiger charge is -2.29.